The zero-order chi connectivity index (χ0) is 96.4. The van der Waals surface area contributed by atoms with Crippen LogP contribution in [0.4, 0.5) is 63.9 Å². The number of nitrogens with zero attached hydrogens (tertiary/aromatic N) is 15. The zero-order valence-electron chi connectivity index (χ0n) is 72.6. The van der Waals surface area contributed by atoms with Gasteiger partial charge in [0.25, 0.3) is 10.0 Å². The number of halogens is 1. The molecular formula is C86H114ClN29O14S7. The van der Waals surface area contributed by atoms with E-state index < -0.39 is 42.3 Å². The fourth-order valence-electron chi connectivity index (χ4n) is 13.2. The van der Waals surface area contributed by atoms with Crippen molar-refractivity contribution in [3.63, 3.8) is 0 Å². The SMILES string of the molecule is C#Cc1cnc(-c2ccc(C(O)CCO)s2)nc1Nc1cc(C2CC2)[nH]n1.C#Cc1cnc(-c2ccc(C(O)CCOC(C)=O)s2)nc1Nc1cc(C2CC2)[nH]n1.CC(=O)Nc1cnc(-c2ccc(S(N)(=O)=O)s2)nc1Nc1cc(C2CC2)[nH]n1.NS(=O)(=O)c1ccc(-c2ncc(CCO)c(Nc3cc(C4CC4)[nH]n3)n2)s1.NS(=O)(=O)c1ccc(-c2ncc(Cl)c(Nc3cc(C4CC4)[nH]n3)n2)o1.[HH].[HH].[HH].[HH].[HH].[HH].[HH].[HH].[HH].[HH].[HH].[HH].[HH]. The molecule has 0 radical (unpaired) electrons. The lowest BCUT2D eigenvalue weighted by Gasteiger charge is -2.10. The number of aliphatic hydroxyl groups excluding tert-OH is 4. The highest BCUT2D eigenvalue weighted by molar-refractivity contribution is 7.91. The monoisotopic (exact) mass is 2040 g/mol. The number of hydrogen-bond acceptors (Lipinski definition) is 38. The Balaban J connectivity index is 0.000000472. The fraction of sp³-hybridized carbons (Fsp3) is 0.291. The number of nitrogens with two attached hydrogens (primary N) is 3. The lowest BCUT2D eigenvalue weighted by Crippen LogP contribution is -2.10. The van der Waals surface area contributed by atoms with Crippen molar-refractivity contribution in [2.24, 2.45) is 15.4 Å². The fourth-order valence-corrected chi connectivity index (χ4v) is 19.1. The number of nitrogens with one attached hydrogen (secondary N) is 11. The average molecular weight is 2040 g/mol. The molecular weight excluding hydrogens is 1920 g/mol. The largest absolute Gasteiger partial charge is 0.466 e. The molecule has 736 valence electrons. The molecule has 15 heterocycles. The Bertz CT molecular complexity index is 7400. The maximum absolute atomic E-state index is 11.5. The van der Waals surface area contributed by atoms with Gasteiger partial charge in [-0.15, -0.1) is 58.2 Å². The molecule has 1 amide bonds. The van der Waals surface area contributed by atoms with Crippen LogP contribution in [-0.2, 0) is 50.8 Å². The van der Waals surface area contributed by atoms with Crippen LogP contribution in [0.1, 0.15) is 206 Å². The summed E-state index contributed by atoms with van der Waals surface area (Å²) in [4.78, 5) is 70.2. The third kappa shape index (κ3) is 25.8. The number of esters is 1. The summed E-state index contributed by atoms with van der Waals surface area (Å²) in [7, 11) is -11.5. The van der Waals surface area contributed by atoms with Gasteiger partial charge < -0.3 is 61.5 Å². The van der Waals surface area contributed by atoms with Crippen molar-refractivity contribution in [3.05, 3.63) is 182 Å². The van der Waals surface area contributed by atoms with Gasteiger partial charge >= 0.3 is 5.97 Å². The highest BCUT2D eigenvalue weighted by Gasteiger charge is 2.32. The summed E-state index contributed by atoms with van der Waals surface area (Å²) in [6, 6.07) is 25.8. The summed E-state index contributed by atoms with van der Waals surface area (Å²) in [6.45, 7) is 2.78. The Morgan fingerprint density at radius 3 is 1.24 bits per heavy atom. The van der Waals surface area contributed by atoms with E-state index >= 15 is 0 Å². The first-order chi connectivity index (χ1) is 65.8. The number of carbonyl (C=O) groups excluding carboxylic acids is 2. The number of thiophene rings is 4. The molecule has 21 N–H and O–H groups in total. The minimum Gasteiger partial charge on any atom is -0.466 e. The molecule has 20 rings (SSSR count). The second kappa shape index (κ2) is 42.4. The van der Waals surface area contributed by atoms with Gasteiger partial charge in [-0.05, 0) is 125 Å². The Kier molecular flexibility index (Phi) is 29.9. The number of anilines is 11. The molecule has 0 aromatic carbocycles. The van der Waals surface area contributed by atoms with Gasteiger partial charge in [-0.2, -0.15) is 25.5 Å². The smallest absolute Gasteiger partial charge is 0.302 e. The van der Waals surface area contributed by atoms with Crippen molar-refractivity contribution in [2.75, 3.05) is 51.7 Å². The van der Waals surface area contributed by atoms with Crippen LogP contribution in [0.25, 0.3) is 54.4 Å². The Morgan fingerprint density at radius 1 is 0.482 bits per heavy atom. The van der Waals surface area contributed by atoms with E-state index in [-0.39, 0.29) is 80.4 Å². The van der Waals surface area contributed by atoms with Crippen molar-refractivity contribution >= 4 is 163 Å². The van der Waals surface area contributed by atoms with Crippen molar-refractivity contribution in [1.82, 2.24) is 101 Å². The topological polar surface area (TPSA) is 662 Å². The van der Waals surface area contributed by atoms with Crippen LogP contribution in [0.15, 0.2) is 140 Å². The van der Waals surface area contributed by atoms with E-state index in [9.17, 15) is 50.2 Å². The maximum Gasteiger partial charge on any atom is 0.302 e. The Morgan fingerprint density at radius 2 is 0.854 bits per heavy atom. The van der Waals surface area contributed by atoms with Gasteiger partial charge in [0.1, 0.15) is 24.9 Å². The Hall–Kier alpha value is -13.6. The van der Waals surface area contributed by atoms with Crippen LogP contribution in [0.2, 0.25) is 5.02 Å². The van der Waals surface area contributed by atoms with Crippen LogP contribution in [0.3, 0.4) is 0 Å². The number of aliphatic hydroxyl groups is 4. The highest BCUT2D eigenvalue weighted by Crippen LogP contribution is 2.46. The highest BCUT2D eigenvalue weighted by atomic mass is 35.5. The molecule has 0 aliphatic heterocycles. The molecule has 51 heteroatoms. The molecule has 2 unspecified atom stereocenters. The molecule has 5 fully saturated rings. The van der Waals surface area contributed by atoms with E-state index in [0.29, 0.717) is 157 Å². The standard InChI is InChI=1S/C21H21N5O3S.C19H19N5O2S.C16H17N7O3S2.C16H18N6O3S2.C14H13ClN6O3S.13H2/c1-3-13-11-22-21(18-7-6-17(30-18)16(28)8-9-29-12(2)27)24-20(13)23-19-10-15(25-26-19)14-4-5-14;1-2-11-10-20-19(16-6-5-15(27-16)14(26)7-8-25)22-18(11)21-17-9-13(23-24-17)12-3-4-12;1-8(24)19-11-7-18-16(12-4-5-14(27-12)28(17,25)26)21-15(11)20-13-6-10(22-23-13)9-2-3-9;17-27(24,25)14-4-3-12(26-14)16-18-8-10(5-6-23)15(20-16)19-13-7-11(21-22-13)9-1-2-9;15-8-6-17-14(10-3-4-12(24-10)25(16,22)23)19-13(8)18-11-5-9(20-21-11)7-1-2-7;;;;;;;;;;;;;/h1,6-7,10-11,14,16,28H,4-5,8-9H2,2H3,(H2,22,23,24,25,26);1,5-6,9-10,12,14,25-26H,3-4,7-8H2,(H2,20,21,22,23,24);4-7,9H,2-3H2,1H3,(H,19,24)(H2,17,25,26)(H2,18,20,21,22,23);3-4,7-9,23H,1-2,5-6H2,(H2,17,24,25)(H2,18,19,20,21,22);3-7H,1-2H2,(H2,16,22,23)(H2,17,18,19,20,21);13*1H. The van der Waals surface area contributed by atoms with Crippen LogP contribution in [-0.4, -0.2) is 178 Å². The zero-order valence-corrected chi connectivity index (χ0v) is 79.1. The van der Waals surface area contributed by atoms with Crippen LogP contribution >= 0.6 is 56.9 Å². The lowest BCUT2D eigenvalue weighted by atomic mass is 10.2. The number of hydrogen-bond donors (Lipinski definition) is 18. The van der Waals surface area contributed by atoms with Crippen molar-refractivity contribution < 1.29 is 83.0 Å². The van der Waals surface area contributed by atoms with Crippen molar-refractivity contribution in [1.29, 1.82) is 0 Å². The summed E-state index contributed by atoms with van der Waals surface area (Å²) >= 11 is 10.9. The average Bonchev–Trinajstić information content (AvgIpc) is 1.69. The van der Waals surface area contributed by atoms with Crippen molar-refractivity contribution in [3.8, 4) is 79.1 Å². The second-order valence-electron chi connectivity index (χ2n) is 31.9. The molecule has 15 aromatic rings. The quantitative estimate of drug-likeness (QED) is 0.0134. The van der Waals surface area contributed by atoms with E-state index in [2.05, 4.69) is 145 Å². The van der Waals surface area contributed by atoms with E-state index in [1.165, 1.54) is 112 Å². The minimum absolute atomic E-state index is 0. The number of H-pyrrole nitrogens is 5. The summed E-state index contributed by atoms with van der Waals surface area (Å²) < 4.78 is 78.7. The van der Waals surface area contributed by atoms with Gasteiger partial charge in [-0.25, -0.2) is 90.5 Å². The van der Waals surface area contributed by atoms with Crippen LogP contribution in [0.5, 0.6) is 0 Å². The normalized spacial score (nSPS) is 14.4. The number of sulfonamides is 3. The first kappa shape index (κ1) is 96.6. The van der Waals surface area contributed by atoms with E-state index in [1.807, 2.05) is 54.6 Å². The maximum atomic E-state index is 11.5. The van der Waals surface area contributed by atoms with Crippen LogP contribution in [0, 0.1) is 24.7 Å². The molecule has 43 nitrogen and oxygen atoms in total. The Labute approximate surface area is 822 Å². The molecule has 5 aliphatic carbocycles. The predicted molar refractivity (Wildman–Crippen MR) is 541 cm³/mol. The van der Waals surface area contributed by atoms with Gasteiger partial charge in [-0.3, -0.25) is 35.1 Å². The molecule has 5 aliphatic rings. The van der Waals surface area contributed by atoms with Gasteiger partial charge in [0, 0.05) is 187 Å². The number of primary sulfonamides is 3. The number of carbonyl (C=O) groups is 2. The van der Waals surface area contributed by atoms with E-state index in [1.54, 1.807) is 30.7 Å². The number of amides is 1. The molecule has 5 saturated carbocycles. The van der Waals surface area contributed by atoms with Gasteiger partial charge in [0.2, 0.25) is 31.0 Å². The van der Waals surface area contributed by atoms with Crippen LogP contribution < -0.4 is 47.3 Å². The number of aromatic amines is 5. The van der Waals surface area contributed by atoms with Gasteiger partial charge in [0.05, 0.1) is 61.8 Å². The first-order valence-electron chi connectivity index (χ1n) is 42.5. The molecule has 0 spiro atoms. The predicted octanol–water partition coefficient (Wildman–Crippen LogP) is 15.9. The summed E-state index contributed by atoms with van der Waals surface area (Å²) in [6.07, 6.45) is 30.1. The summed E-state index contributed by atoms with van der Waals surface area (Å²) in [5, 5.41) is 108. The van der Waals surface area contributed by atoms with E-state index in [0.717, 1.165) is 102 Å². The third-order valence-electron chi connectivity index (χ3n) is 21.0. The number of aromatic nitrogens is 20. The van der Waals surface area contributed by atoms with Crippen molar-refractivity contribution in [2.45, 2.75) is 153 Å². The first-order valence-corrected chi connectivity index (χ1v) is 50.7. The van der Waals surface area contributed by atoms with E-state index in [4.69, 9.17) is 54.1 Å². The number of furan rings is 1. The lowest BCUT2D eigenvalue weighted by molar-refractivity contribution is -0.141. The summed E-state index contributed by atoms with van der Waals surface area (Å²) in [5.41, 5.74) is 7.64. The number of ether oxygens (including phenoxy) is 1. The second-order valence-corrected chi connectivity index (χ2v) is 41.7. The number of rotatable bonds is 33. The number of terminal acetylenes is 2. The minimum atomic E-state index is -3.93. The summed E-state index contributed by atoms with van der Waals surface area (Å²) in [5.74, 6) is 14.6. The molecule has 137 heavy (non-hydrogen) atoms. The third-order valence-corrected chi connectivity index (χ3v) is 29.4. The molecule has 15 aromatic heterocycles. The molecule has 0 bridgehead atoms. The van der Waals surface area contributed by atoms with Gasteiger partial charge in [0.15, 0.2) is 87.2 Å². The van der Waals surface area contributed by atoms with Gasteiger partial charge in [-0.1, -0.05) is 23.4 Å². The molecule has 2 atom stereocenters. The molecule has 0 saturated heterocycles.